The molecule has 0 aromatic rings. The summed E-state index contributed by atoms with van der Waals surface area (Å²) in [5, 5.41) is 0. The quantitative estimate of drug-likeness (QED) is 0.516. The van der Waals surface area contributed by atoms with Crippen LogP contribution in [0.2, 0.25) is 0 Å². The van der Waals surface area contributed by atoms with Crippen molar-refractivity contribution in [1.29, 1.82) is 0 Å². The van der Waals surface area contributed by atoms with Crippen molar-refractivity contribution < 1.29 is 0 Å². The summed E-state index contributed by atoms with van der Waals surface area (Å²) in [6.07, 6.45) is 14.0. The van der Waals surface area contributed by atoms with Crippen LogP contribution >= 0.6 is 0 Å². The molecular formula is C20H32. The summed E-state index contributed by atoms with van der Waals surface area (Å²) in [6, 6.07) is 0. The minimum absolute atomic E-state index is 0.543. The molecule has 3 atom stereocenters. The van der Waals surface area contributed by atoms with Gasteiger partial charge in [0.05, 0.1) is 0 Å². The van der Waals surface area contributed by atoms with Crippen molar-refractivity contribution >= 4 is 0 Å². The van der Waals surface area contributed by atoms with Gasteiger partial charge in [-0.15, -0.1) is 0 Å². The Balaban J connectivity index is 2.06. The fraction of sp³-hybridized carbons (Fsp3) is 0.700. The molecular weight excluding hydrogens is 240 g/mol. The Morgan fingerprint density at radius 2 is 2.15 bits per heavy atom. The van der Waals surface area contributed by atoms with E-state index in [-0.39, 0.29) is 0 Å². The van der Waals surface area contributed by atoms with Gasteiger partial charge in [0, 0.05) is 0 Å². The third kappa shape index (κ3) is 3.10. The highest BCUT2D eigenvalue weighted by Crippen LogP contribution is 2.58. The van der Waals surface area contributed by atoms with Gasteiger partial charge in [0.25, 0.3) is 0 Å². The lowest BCUT2D eigenvalue weighted by molar-refractivity contribution is 0.140. The number of allylic oxidation sites excluding steroid dienone is 5. The molecule has 0 N–H and O–H groups in total. The molecule has 0 aromatic heterocycles. The van der Waals surface area contributed by atoms with Gasteiger partial charge in [-0.05, 0) is 83.0 Å². The van der Waals surface area contributed by atoms with E-state index >= 15 is 0 Å². The highest BCUT2D eigenvalue weighted by atomic mass is 14.5. The van der Waals surface area contributed by atoms with Crippen molar-refractivity contribution in [2.75, 3.05) is 0 Å². The van der Waals surface area contributed by atoms with Crippen LogP contribution in [-0.2, 0) is 0 Å². The maximum Gasteiger partial charge on any atom is -0.0143 e. The van der Waals surface area contributed by atoms with E-state index in [1.807, 2.05) is 0 Å². The van der Waals surface area contributed by atoms with Gasteiger partial charge in [-0.3, -0.25) is 0 Å². The van der Waals surface area contributed by atoms with Gasteiger partial charge in [-0.25, -0.2) is 0 Å². The second-order valence-corrected chi connectivity index (χ2v) is 7.50. The molecule has 0 bridgehead atoms. The van der Waals surface area contributed by atoms with E-state index in [0.717, 1.165) is 11.8 Å². The average Bonchev–Trinajstić information content (AvgIpc) is 2.70. The first-order valence-electron chi connectivity index (χ1n) is 8.42. The number of rotatable bonds is 4. The zero-order chi connectivity index (χ0) is 14.8. The van der Waals surface area contributed by atoms with Crippen LogP contribution in [0.1, 0.15) is 72.6 Å². The molecule has 1 spiro atoms. The van der Waals surface area contributed by atoms with Gasteiger partial charge < -0.3 is 0 Å². The summed E-state index contributed by atoms with van der Waals surface area (Å²) in [6.45, 7) is 13.6. The lowest BCUT2D eigenvalue weighted by Gasteiger charge is -2.42. The highest BCUT2D eigenvalue weighted by molar-refractivity contribution is 5.19. The molecule has 0 amide bonds. The smallest absolute Gasteiger partial charge is 0.0143 e. The van der Waals surface area contributed by atoms with Gasteiger partial charge in [0.15, 0.2) is 0 Å². The van der Waals surface area contributed by atoms with Gasteiger partial charge in [0.2, 0.25) is 0 Å². The molecule has 0 aromatic carbocycles. The van der Waals surface area contributed by atoms with E-state index < -0.39 is 0 Å². The molecule has 2 aliphatic rings. The van der Waals surface area contributed by atoms with Crippen molar-refractivity contribution in [3.63, 3.8) is 0 Å². The standard InChI is InChI=1S/C20H32/c1-15(2)7-6-8-17(4)19-10-9-18(5)20(19)13-11-16(3)12-14-20/h7,11,18-19H,4,6,8-10,12-14H2,1-3,5H3. The molecule has 2 rings (SSSR count). The Morgan fingerprint density at radius 3 is 2.75 bits per heavy atom. The zero-order valence-electron chi connectivity index (χ0n) is 14.0. The van der Waals surface area contributed by atoms with Crippen LogP contribution in [0.5, 0.6) is 0 Å². The normalized spacial score (nSPS) is 33.1. The highest BCUT2D eigenvalue weighted by Gasteiger charge is 2.48. The van der Waals surface area contributed by atoms with E-state index in [0.29, 0.717) is 5.41 Å². The average molecular weight is 272 g/mol. The third-order valence-electron chi connectivity index (χ3n) is 5.89. The molecule has 1 fully saturated rings. The van der Waals surface area contributed by atoms with Crippen LogP contribution in [0.4, 0.5) is 0 Å². The zero-order valence-corrected chi connectivity index (χ0v) is 14.0. The van der Waals surface area contributed by atoms with Crippen LogP contribution < -0.4 is 0 Å². The maximum atomic E-state index is 4.49. The van der Waals surface area contributed by atoms with Crippen molar-refractivity contribution in [3.05, 3.63) is 35.5 Å². The molecule has 0 aliphatic heterocycles. The van der Waals surface area contributed by atoms with Crippen LogP contribution in [-0.4, -0.2) is 0 Å². The largest absolute Gasteiger partial charge is 0.0995 e. The summed E-state index contributed by atoms with van der Waals surface area (Å²) in [4.78, 5) is 0. The van der Waals surface area contributed by atoms with Gasteiger partial charge in [-0.2, -0.15) is 0 Å². The fourth-order valence-electron chi connectivity index (χ4n) is 4.43. The predicted molar refractivity (Wildman–Crippen MR) is 89.7 cm³/mol. The Labute approximate surface area is 126 Å². The van der Waals surface area contributed by atoms with Crippen LogP contribution in [0, 0.1) is 17.3 Å². The topological polar surface area (TPSA) is 0 Å². The summed E-state index contributed by atoms with van der Waals surface area (Å²) in [7, 11) is 0. The van der Waals surface area contributed by atoms with E-state index in [1.165, 1.54) is 56.1 Å². The van der Waals surface area contributed by atoms with Crippen molar-refractivity contribution in [1.82, 2.24) is 0 Å². The molecule has 0 heteroatoms. The van der Waals surface area contributed by atoms with Crippen LogP contribution in [0.25, 0.3) is 0 Å². The summed E-state index contributed by atoms with van der Waals surface area (Å²) in [5.74, 6) is 1.64. The first kappa shape index (κ1) is 15.6. The molecule has 3 unspecified atom stereocenters. The van der Waals surface area contributed by atoms with Crippen molar-refractivity contribution in [3.8, 4) is 0 Å². The Kier molecular flexibility index (Phi) is 4.94. The lowest BCUT2D eigenvalue weighted by atomic mass is 9.62. The molecule has 112 valence electrons. The van der Waals surface area contributed by atoms with Gasteiger partial charge in [0.1, 0.15) is 0 Å². The van der Waals surface area contributed by atoms with Crippen LogP contribution in [0.15, 0.2) is 35.5 Å². The van der Waals surface area contributed by atoms with E-state index in [1.54, 1.807) is 5.57 Å². The lowest BCUT2D eigenvalue weighted by Crippen LogP contribution is -2.33. The molecule has 0 saturated heterocycles. The van der Waals surface area contributed by atoms with Crippen LogP contribution in [0.3, 0.4) is 0 Å². The first-order chi connectivity index (χ1) is 9.45. The van der Waals surface area contributed by atoms with Gasteiger partial charge >= 0.3 is 0 Å². The summed E-state index contributed by atoms with van der Waals surface area (Å²) in [5.41, 5.74) is 5.11. The SMILES string of the molecule is C=C(CCC=C(C)C)C1CCC(C)C12CC=C(C)CC2. The third-order valence-corrected chi connectivity index (χ3v) is 5.89. The van der Waals surface area contributed by atoms with Gasteiger partial charge in [-0.1, -0.05) is 42.4 Å². The fourth-order valence-corrected chi connectivity index (χ4v) is 4.43. The molecule has 1 saturated carbocycles. The molecule has 2 aliphatic carbocycles. The molecule has 0 heterocycles. The molecule has 0 nitrogen and oxygen atoms in total. The summed E-state index contributed by atoms with van der Waals surface area (Å²) < 4.78 is 0. The monoisotopic (exact) mass is 272 g/mol. The molecule has 0 radical (unpaired) electrons. The number of hydrogen-bond acceptors (Lipinski definition) is 0. The minimum Gasteiger partial charge on any atom is -0.0995 e. The minimum atomic E-state index is 0.543. The Morgan fingerprint density at radius 1 is 1.40 bits per heavy atom. The summed E-state index contributed by atoms with van der Waals surface area (Å²) >= 11 is 0. The maximum absolute atomic E-state index is 4.49. The van der Waals surface area contributed by atoms with Crippen molar-refractivity contribution in [2.45, 2.75) is 72.6 Å². The molecule has 20 heavy (non-hydrogen) atoms. The second-order valence-electron chi connectivity index (χ2n) is 7.50. The number of hydrogen-bond donors (Lipinski definition) is 0. The Hall–Kier alpha value is -0.780. The van der Waals surface area contributed by atoms with Crippen molar-refractivity contribution in [2.24, 2.45) is 17.3 Å². The van der Waals surface area contributed by atoms with E-state index in [2.05, 4.69) is 46.4 Å². The first-order valence-corrected chi connectivity index (χ1v) is 8.42. The Bertz CT molecular complexity index is 419. The predicted octanol–water partition coefficient (Wildman–Crippen LogP) is 6.45. The van der Waals surface area contributed by atoms with E-state index in [9.17, 15) is 0 Å². The second kappa shape index (κ2) is 6.33. The van der Waals surface area contributed by atoms with E-state index in [4.69, 9.17) is 0 Å².